The van der Waals surface area contributed by atoms with Crippen molar-refractivity contribution >= 4 is 23.3 Å². The van der Waals surface area contributed by atoms with Crippen molar-refractivity contribution in [2.75, 3.05) is 13.7 Å². The average molecular weight is 284 g/mol. The fourth-order valence-corrected chi connectivity index (χ4v) is 2.16. The predicted molar refractivity (Wildman–Crippen MR) is 75.0 cm³/mol. The maximum absolute atomic E-state index is 11.4. The zero-order valence-corrected chi connectivity index (χ0v) is 11.9. The van der Waals surface area contributed by atoms with Crippen molar-refractivity contribution in [3.8, 4) is 0 Å². The summed E-state index contributed by atoms with van der Waals surface area (Å²) < 4.78 is 4.54. The minimum Gasteiger partial charge on any atom is -0.469 e. The highest BCUT2D eigenvalue weighted by Gasteiger charge is 2.01. The molecule has 6 heteroatoms. The zero-order valence-electron chi connectivity index (χ0n) is 11.1. The molecule has 0 aliphatic rings. The summed E-state index contributed by atoms with van der Waals surface area (Å²) in [7, 11) is 1.39. The molecule has 0 aromatic carbocycles. The standard InChI is InChI=1S/C13H20N2O3S/c1-18-12(16)7-3-2-4-8-14-13(17)15-10-11-6-5-9-19-11/h5-6,9H,2-4,7-8,10H2,1H3,(H2,14,15,17). The van der Waals surface area contributed by atoms with Crippen LogP contribution in [0, 0.1) is 0 Å². The number of urea groups is 1. The maximum Gasteiger partial charge on any atom is 0.315 e. The van der Waals surface area contributed by atoms with Crippen LogP contribution in [0.1, 0.15) is 30.6 Å². The van der Waals surface area contributed by atoms with Gasteiger partial charge in [-0.3, -0.25) is 4.79 Å². The molecule has 0 fully saturated rings. The Morgan fingerprint density at radius 1 is 1.26 bits per heavy atom. The van der Waals surface area contributed by atoms with E-state index in [4.69, 9.17) is 0 Å². The van der Waals surface area contributed by atoms with E-state index < -0.39 is 0 Å². The first-order valence-corrected chi connectivity index (χ1v) is 7.21. The lowest BCUT2D eigenvalue weighted by Gasteiger charge is -2.06. The van der Waals surface area contributed by atoms with E-state index in [1.54, 1.807) is 11.3 Å². The number of methoxy groups -OCH3 is 1. The lowest BCUT2D eigenvalue weighted by atomic mass is 10.2. The number of nitrogens with one attached hydrogen (secondary N) is 2. The Labute approximate surface area is 117 Å². The summed E-state index contributed by atoms with van der Waals surface area (Å²) in [4.78, 5) is 23.4. The molecule has 0 unspecified atom stereocenters. The van der Waals surface area contributed by atoms with Crippen LogP contribution in [0.3, 0.4) is 0 Å². The Kier molecular flexibility index (Phi) is 7.65. The number of esters is 1. The topological polar surface area (TPSA) is 67.4 Å². The Hall–Kier alpha value is -1.56. The first-order chi connectivity index (χ1) is 9.22. The molecule has 2 N–H and O–H groups in total. The van der Waals surface area contributed by atoms with Crippen LogP contribution in [0.4, 0.5) is 4.79 Å². The minimum absolute atomic E-state index is 0.152. The molecular formula is C13H20N2O3S. The van der Waals surface area contributed by atoms with Gasteiger partial charge in [0.1, 0.15) is 0 Å². The molecule has 19 heavy (non-hydrogen) atoms. The summed E-state index contributed by atoms with van der Waals surface area (Å²) in [5, 5.41) is 7.56. The van der Waals surface area contributed by atoms with Crippen LogP contribution in [0.2, 0.25) is 0 Å². The van der Waals surface area contributed by atoms with Gasteiger partial charge in [-0.2, -0.15) is 0 Å². The largest absolute Gasteiger partial charge is 0.469 e. The summed E-state index contributed by atoms with van der Waals surface area (Å²) in [6.45, 7) is 1.18. The predicted octanol–water partition coefficient (Wildman–Crippen LogP) is 2.28. The molecule has 0 bridgehead atoms. The van der Waals surface area contributed by atoms with Gasteiger partial charge in [0.15, 0.2) is 0 Å². The second kappa shape index (κ2) is 9.38. The molecule has 2 amide bonds. The molecule has 0 radical (unpaired) electrons. The van der Waals surface area contributed by atoms with Gasteiger partial charge >= 0.3 is 12.0 Å². The van der Waals surface area contributed by atoms with Gasteiger partial charge in [0, 0.05) is 17.8 Å². The van der Waals surface area contributed by atoms with Crippen LogP contribution >= 0.6 is 11.3 Å². The fourth-order valence-electron chi connectivity index (χ4n) is 1.52. The molecule has 0 saturated heterocycles. The van der Waals surface area contributed by atoms with Crippen LogP contribution < -0.4 is 10.6 Å². The highest BCUT2D eigenvalue weighted by Crippen LogP contribution is 2.07. The zero-order chi connectivity index (χ0) is 13.9. The summed E-state index contributed by atoms with van der Waals surface area (Å²) in [5.74, 6) is -0.179. The number of ether oxygens (including phenoxy) is 1. The molecular weight excluding hydrogens is 264 g/mol. The first-order valence-electron chi connectivity index (χ1n) is 6.33. The number of rotatable bonds is 8. The van der Waals surface area contributed by atoms with Crippen molar-refractivity contribution in [3.63, 3.8) is 0 Å². The molecule has 1 heterocycles. The third-order valence-electron chi connectivity index (χ3n) is 2.57. The van der Waals surface area contributed by atoms with Crippen molar-refractivity contribution in [1.82, 2.24) is 10.6 Å². The smallest absolute Gasteiger partial charge is 0.315 e. The SMILES string of the molecule is COC(=O)CCCCCNC(=O)NCc1cccs1. The molecule has 0 aliphatic heterocycles. The molecule has 1 aromatic heterocycles. The second-order valence-corrected chi connectivity index (χ2v) is 5.11. The quantitative estimate of drug-likeness (QED) is 0.568. The third-order valence-corrected chi connectivity index (χ3v) is 3.45. The summed E-state index contributed by atoms with van der Waals surface area (Å²) >= 11 is 1.62. The summed E-state index contributed by atoms with van der Waals surface area (Å²) in [5.41, 5.74) is 0. The van der Waals surface area contributed by atoms with Crippen LogP contribution in [0.25, 0.3) is 0 Å². The minimum atomic E-state index is -0.179. The van der Waals surface area contributed by atoms with E-state index in [1.165, 1.54) is 7.11 Å². The maximum atomic E-state index is 11.4. The van der Waals surface area contributed by atoms with E-state index in [2.05, 4.69) is 15.4 Å². The highest BCUT2D eigenvalue weighted by molar-refractivity contribution is 7.09. The van der Waals surface area contributed by atoms with Crippen molar-refractivity contribution in [2.45, 2.75) is 32.2 Å². The van der Waals surface area contributed by atoms with Gasteiger partial charge in [0.25, 0.3) is 0 Å². The van der Waals surface area contributed by atoms with E-state index in [9.17, 15) is 9.59 Å². The van der Waals surface area contributed by atoms with Crippen molar-refractivity contribution < 1.29 is 14.3 Å². The van der Waals surface area contributed by atoms with Crippen molar-refractivity contribution in [1.29, 1.82) is 0 Å². The molecule has 0 aliphatic carbocycles. The molecule has 0 spiro atoms. The van der Waals surface area contributed by atoms with Crippen molar-refractivity contribution in [3.05, 3.63) is 22.4 Å². The van der Waals surface area contributed by atoms with E-state index in [1.807, 2.05) is 17.5 Å². The first kappa shape index (κ1) is 15.5. The van der Waals surface area contributed by atoms with Crippen LogP contribution in [-0.2, 0) is 16.1 Å². The van der Waals surface area contributed by atoms with Gasteiger partial charge in [0.2, 0.25) is 0 Å². The van der Waals surface area contributed by atoms with E-state index in [0.717, 1.165) is 24.1 Å². The lowest BCUT2D eigenvalue weighted by molar-refractivity contribution is -0.140. The number of amides is 2. The summed E-state index contributed by atoms with van der Waals surface area (Å²) in [6.07, 6.45) is 3.01. The molecule has 106 valence electrons. The average Bonchev–Trinajstić information content (AvgIpc) is 2.93. The van der Waals surface area contributed by atoms with Gasteiger partial charge in [-0.15, -0.1) is 11.3 Å². The Bertz CT molecular complexity index is 379. The Morgan fingerprint density at radius 3 is 2.79 bits per heavy atom. The van der Waals surface area contributed by atoms with Crippen molar-refractivity contribution in [2.24, 2.45) is 0 Å². The van der Waals surface area contributed by atoms with Gasteiger partial charge in [-0.25, -0.2) is 4.79 Å². The number of unbranched alkanes of at least 4 members (excludes halogenated alkanes) is 2. The number of thiophene rings is 1. The normalized spacial score (nSPS) is 9.95. The molecule has 1 aromatic rings. The van der Waals surface area contributed by atoms with Gasteiger partial charge in [0.05, 0.1) is 13.7 Å². The molecule has 5 nitrogen and oxygen atoms in total. The molecule has 0 atom stereocenters. The van der Waals surface area contributed by atoms with Gasteiger partial charge in [-0.05, 0) is 24.3 Å². The van der Waals surface area contributed by atoms with E-state index in [0.29, 0.717) is 19.5 Å². The molecule has 1 rings (SSSR count). The van der Waals surface area contributed by atoms with Crippen LogP contribution in [0.5, 0.6) is 0 Å². The Morgan fingerprint density at radius 2 is 2.11 bits per heavy atom. The van der Waals surface area contributed by atoms with Gasteiger partial charge < -0.3 is 15.4 Å². The number of carbonyl (C=O) groups is 2. The Balaban J connectivity index is 1.94. The van der Waals surface area contributed by atoms with Gasteiger partial charge in [-0.1, -0.05) is 12.5 Å². The van der Waals surface area contributed by atoms with E-state index >= 15 is 0 Å². The lowest BCUT2D eigenvalue weighted by Crippen LogP contribution is -2.35. The number of carbonyl (C=O) groups excluding carboxylic acids is 2. The third kappa shape index (κ3) is 7.46. The monoisotopic (exact) mass is 284 g/mol. The van der Waals surface area contributed by atoms with E-state index in [-0.39, 0.29) is 12.0 Å². The number of hydrogen-bond donors (Lipinski definition) is 2. The fraction of sp³-hybridized carbons (Fsp3) is 0.538. The highest BCUT2D eigenvalue weighted by atomic mass is 32.1. The number of hydrogen-bond acceptors (Lipinski definition) is 4. The van der Waals surface area contributed by atoms with Crippen LogP contribution in [-0.4, -0.2) is 25.7 Å². The second-order valence-electron chi connectivity index (χ2n) is 4.08. The summed E-state index contributed by atoms with van der Waals surface area (Å²) in [6, 6.07) is 3.79. The molecule has 0 saturated carbocycles. The van der Waals surface area contributed by atoms with Crippen LogP contribution in [0.15, 0.2) is 17.5 Å².